The number of hydrogen-bond donors (Lipinski definition) is 2. The quantitative estimate of drug-likeness (QED) is 0.558. The maximum Gasteiger partial charge on any atom is 0.343 e. The maximum atomic E-state index is 11.3. The third kappa shape index (κ3) is 3.68. The lowest BCUT2D eigenvalue weighted by atomic mass is 10.1. The zero-order valence-corrected chi connectivity index (χ0v) is 10.7. The molecule has 92 valence electrons. The Morgan fingerprint density at radius 2 is 2.31 bits per heavy atom. The number of nitrogens with zero attached hydrogens (tertiary/aromatic N) is 2. The van der Waals surface area contributed by atoms with Crippen molar-refractivity contribution in [2.45, 2.75) is 50.9 Å². The van der Waals surface area contributed by atoms with Crippen molar-refractivity contribution in [1.29, 1.82) is 0 Å². The summed E-state index contributed by atoms with van der Waals surface area (Å²) >= 11 is 1.61. The number of hydrogen-bond acceptors (Lipinski definition) is 4. The first kappa shape index (κ1) is 13.3. The summed E-state index contributed by atoms with van der Waals surface area (Å²) in [5.41, 5.74) is 5.70. The third-order valence-electron chi connectivity index (χ3n) is 2.51. The molecule has 1 aromatic heterocycles. The fourth-order valence-corrected chi connectivity index (χ4v) is 2.38. The Morgan fingerprint density at radius 1 is 1.56 bits per heavy atom. The molecule has 0 aromatic carbocycles. The lowest BCUT2D eigenvalue weighted by molar-refractivity contribution is 0.588. The van der Waals surface area contributed by atoms with Gasteiger partial charge >= 0.3 is 5.69 Å². The average Bonchev–Trinajstić information content (AvgIpc) is 2.65. The van der Waals surface area contributed by atoms with Crippen LogP contribution in [0.25, 0.3) is 0 Å². The normalized spacial score (nSPS) is 12.9. The molecule has 16 heavy (non-hydrogen) atoms. The van der Waals surface area contributed by atoms with E-state index in [2.05, 4.69) is 17.1 Å². The molecule has 0 spiro atoms. The van der Waals surface area contributed by atoms with Crippen LogP contribution in [0.3, 0.4) is 0 Å². The van der Waals surface area contributed by atoms with Gasteiger partial charge in [-0.3, -0.25) is 4.57 Å². The molecule has 1 atom stereocenters. The second-order valence-corrected chi connectivity index (χ2v) is 4.78. The van der Waals surface area contributed by atoms with Crippen LogP contribution in [0.5, 0.6) is 0 Å². The summed E-state index contributed by atoms with van der Waals surface area (Å²) in [7, 11) is 0. The topological polar surface area (TPSA) is 76.7 Å². The van der Waals surface area contributed by atoms with Crippen LogP contribution in [0.4, 0.5) is 0 Å². The largest absolute Gasteiger partial charge is 0.343 e. The van der Waals surface area contributed by atoms with E-state index in [1.165, 1.54) is 0 Å². The molecule has 0 fully saturated rings. The minimum absolute atomic E-state index is 0.129. The second kappa shape index (κ2) is 6.75. The molecule has 6 heteroatoms. The fourth-order valence-electron chi connectivity index (χ4n) is 1.41. The molecule has 1 heterocycles. The first-order valence-electron chi connectivity index (χ1n) is 5.72. The number of rotatable bonds is 7. The molecule has 0 bridgehead atoms. The Bertz CT molecular complexity index is 360. The Labute approximate surface area is 99.8 Å². The predicted molar refractivity (Wildman–Crippen MR) is 66.7 cm³/mol. The van der Waals surface area contributed by atoms with E-state index in [9.17, 15) is 4.79 Å². The van der Waals surface area contributed by atoms with E-state index in [0.29, 0.717) is 12.6 Å². The Hall–Kier alpha value is -0.750. The van der Waals surface area contributed by atoms with Crippen molar-refractivity contribution < 1.29 is 0 Å². The van der Waals surface area contributed by atoms with Gasteiger partial charge in [-0.15, -0.1) is 5.10 Å². The van der Waals surface area contributed by atoms with Gasteiger partial charge < -0.3 is 5.73 Å². The predicted octanol–water partition coefficient (Wildman–Crippen LogP) is 1.20. The number of nitrogens with one attached hydrogen (secondary N) is 1. The Morgan fingerprint density at radius 3 is 2.94 bits per heavy atom. The molecule has 0 aliphatic heterocycles. The smallest absolute Gasteiger partial charge is 0.328 e. The molecule has 0 aliphatic rings. The van der Waals surface area contributed by atoms with Crippen LogP contribution in [-0.2, 0) is 6.54 Å². The lowest BCUT2D eigenvalue weighted by Crippen LogP contribution is -2.18. The van der Waals surface area contributed by atoms with Gasteiger partial charge in [0.1, 0.15) is 0 Å². The number of thioether (sulfide) groups is 1. The molecular formula is C10H20N4OS. The zero-order chi connectivity index (χ0) is 12.0. The maximum absolute atomic E-state index is 11.3. The van der Waals surface area contributed by atoms with E-state index in [0.717, 1.165) is 30.2 Å². The van der Waals surface area contributed by atoms with Gasteiger partial charge in [0, 0.05) is 18.3 Å². The highest BCUT2D eigenvalue weighted by atomic mass is 32.2. The SMILES string of the molecule is CCC(N)CCCSc1n[nH]c(=O)n1CC. The number of H-pyrrole nitrogens is 1. The van der Waals surface area contributed by atoms with Crippen molar-refractivity contribution in [3.63, 3.8) is 0 Å². The van der Waals surface area contributed by atoms with Gasteiger partial charge in [0.2, 0.25) is 0 Å². The molecule has 1 rings (SSSR count). The van der Waals surface area contributed by atoms with Crippen LogP contribution in [-0.4, -0.2) is 26.6 Å². The van der Waals surface area contributed by atoms with Gasteiger partial charge in [-0.2, -0.15) is 0 Å². The van der Waals surface area contributed by atoms with Crippen LogP contribution in [0.1, 0.15) is 33.1 Å². The van der Waals surface area contributed by atoms with Crippen molar-refractivity contribution in [3.05, 3.63) is 10.5 Å². The first-order chi connectivity index (χ1) is 7.69. The summed E-state index contributed by atoms with van der Waals surface area (Å²) in [6, 6.07) is 0.299. The van der Waals surface area contributed by atoms with Gasteiger partial charge in [-0.25, -0.2) is 9.89 Å². The summed E-state index contributed by atoms with van der Waals surface area (Å²) in [6.45, 7) is 4.69. The van der Waals surface area contributed by atoms with Gasteiger partial charge in [0.05, 0.1) is 0 Å². The minimum atomic E-state index is -0.129. The summed E-state index contributed by atoms with van der Waals surface area (Å²) in [5.74, 6) is 0.956. The Balaban J connectivity index is 2.34. The molecular weight excluding hydrogens is 224 g/mol. The van der Waals surface area contributed by atoms with Crippen molar-refractivity contribution in [3.8, 4) is 0 Å². The molecule has 0 amide bonds. The van der Waals surface area contributed by atoms with Crippen molar-refractivity contribution >= 4 is 11.8 Å². The molecule has 0 aliphatic carbocycles. The van der Waals surface area contributed by atoms with E-state index >= 15 is 0 Å². The zero-order valence-electron chi connectivity index (χ0n) is 9.90. The van der Waals surface area contributed by atoms with Crippen molar-refractivity contribution in [2.75, 3.05) is 5.75 Å². The van der Waals surface area contributed by atoms with Crippen LogP contribution >= 0.6 is 11.8 Å². The monoisotopic (exact) mass is 244 g/mol. The molecule has 0 saturated carbocycles. The van der Waals surface area contributed by atoms with E-state index in [4.69, 9.17) is 5.73 Å². The first-order valence-corrected chi connectivity index (χ1v) is 6.71. The van der Waals surface area contributed by atoms with Gasteiger partial charge in [0.25, 0.3) is 0 Å². The summed E-state index contributed by atoms with van der Waals surface area (Å²) in [4.78, 5) is 11.3. The summed E-state index contributed by atoms with van der Waals surface area (Å²) < 4.78 is 1.64. The fraction of sp³-hybridized carbons (Fsp3) is 0.800. The highest BCUT2D eigenvalue weighted by Gasteiger charge is 2.06. The number of nitrogens with two attached hydrogens (primary N) is 1. The molecule has 3 N–H and O–H groups in total. The van der Waals surface area contributed by atoms with E-state index in [-0.39, 0.29) is 5.69 Å². The summed E-state index contributed by atoms with van der Waals surface area (Å²) in [6.07, 6.45) is 3.11. The van der Waals surface area contributed by atoms with E-state index in [1.807, 2.05) is 6.92 Å². The minimum Gasteiger partial charge on any atom is -0.328 e. The van der Waals surface area contributed by atoms with Crippen LogP contribution < -0.4 is 11.4 Å². The second-order valence-electron chi connectivity index (χ2n) is 3.71. The molecule has 5 nitrogen and oxygen atoms in total. The van der Waals surface area contributed by atoms with E-state index < -0.39 is 0 Å². The van der Waals surface area contributed by atoms with Crippen molar-refractivity contribution in [1.82, 2.24) is 14.8 Å². The van der Waals surface area contributed by atoms with Gasteiger partial charge in [-0.1, -0.05) is 18.7 Å². The third-order valence-corrected chi connectivity index (χ3v) is 3.58. The standard InChI is InChI=1S/C10H20N4OS/c1-3-8(11)6-5-7-16-10-13-12-9(15)14(10)4-2/h8H,3-7,11H2,1-2H3,(H,12,15). The lowest BCUT2D eigenvalue weighted by Gasteiger charge is -2.07. The van der Waals surface area contributed by atoms with Crippen molar-refractivity contribution in [2.24, 2.45) is 5.73 Å². The number of aromatic amines is 1. The average molecular weight is 244 g/mol. The molecule has 0 saturated heterocycles. The molecule has 1 unspecified atom stereocenters. The summed E-state index contributed by atoms with van der Waals surface area (Å²) in [5, 5.41) is 7.22. The van der Waals surface area contributed by atoms with Crippen LogP contribution in [0.15, 0.2) is 9.95 Å². The Kier molecular flexibility index (Phi) is 5.62. The highest BCUT2D eigenvalue weighted by molar-refractivity contribution is 7.99. The van der Waals surface area contributed by atoms with Crippen LogP contribution in [0.2, 0.25) is 0 Å². The van der Waals surface area contributed by atoms with E-state index in [1.54, 1.807) is 16.3 Å². The van der Waals surface area contributed by atoms with Gasteiger partial charge in [-0.05, 0) is 26.2 Å². The molecule has 1 aromatic rings. The number of aromatic nitrogens is 3. The highest BCUT2D eigenvalue weighted by Crippen LogP contribution is 2.15. The van der Waals surface area contributed by atoms with Gasteiger partial charge in [0.15, 0.2) is 5.16 Å². The molecule has 0 radical (unpaired) electrons. The van der Waals surface area contributed by atoms with Crippen LogP contribution in [0, 0.1) is 0 Å².